The summed E-state index contributed by atoms with van der Waals surface area (Å²) in [6.07, 6.45) is 2.10. The van der Waals surface area contributed by atoms with Crippen LogP contribution in [0, 0.1) is 0 Å². The average Bonchev–Trinajstić information content (AvgIpc) is 3.05. The average molecular weight is 351 g/mol. The third kappa shape index (κ3) is 2.29. The first-order chi connectivity index (χ1) is 12.2. The van der Waals surface area contributed by atoms with E-state index in [1.165, 1.54) is 10.2 Å². The number of aliphatic carboxylic acids is 1. The second-order valence-corrected chi connectivity index (χ2v) is 7.23. The van der Waals surface area contributed by atoms with E-state index >= 15 is 0 Å². The molecule has 5 nitrogen and oxygen atoms in total. The van der Waals surface area contributed by atoms with Crippen LogP contribution in [0.2, 0.25) is 0 Å². The van der Waals surface area contributed by atoms with Crippen molar-refractivity contribution in [3.63, 3.8) is 0 Å². The predicted molar refractivity (Wildman–Crippen MR) is 95.8 cm³/mol. The molecule has 0 spiro atoms. The van der Waals surface area contributed by atoms with Crippen molar-refractivity contribution in [1.82, 2.24) is 0 Å². The van der Waals surface area contributed by atoms with Crippen LogP contribution < -0.4 is 14.2 Å². The monoisotopic (exact) mass is 351 g/mol. The minimum absolute atomic E-state index is 0.0207. The number of aromatic nitrogens is 1. The van der Waals surface area contributed by atoms with Crippen molar-refractivity contribution in [3.8, 4) is 5.75 Å². The molecule has 0 amide bonds. The SMILES string of the molecule is O=C(O)Cc1ccc2c(c1)N1CC[n+]3c(sc4ccccc43)C=C1O2. The lowest BCUT2D eigenvalue weighted by Crippen LogP contribution is -2.38. The summed E-state index contributed by atoms with van der Waals surface area (Å²) in [5.41, 5.74) is 2.97. The largest absolute Gasteiger partial charge is 0.481 e. The Bertz CT molecular complexity index is 1050. The topological polar surface area (TPSA) is 53.7 Å². The number of para-hydroxylation sites is 1. The standard InChI is InChI=1S/C19H14N2O3S/c22-19(23)10-12-5-6-15-14(9-12)20-7-8-21-13-3-1-2-4-16(13)25-18(21)11-17(20)24-15/h1-6,9,11H,7-8,10H2/p+1. The van der Waals surface area contributed by atoms with Gasteiger partial charge in [0.1, 0.15) is 4.70 Å². The summed E-state index contributed by atoms with van der Waals surface area (Å²) in [6.45, 7) is 1.64. The highest BCUT2D eigenvalue weighted by Crippen LogP contribution is 2.41. The van der Waals surface area contributed by atoms with Gasteiger partial charge in [0.2, 0.25) is 11.4 Å². The summed E-state index contributed by atoms with van der Waals surface area (Å²) in [6, 6.07) is 14.0. The van der Waals surface area contributed by atoms with Crippen molar-refractivity contribution in [2.45, 2.75) is 13.0 Å². The van der Waals surface area contributed by atoms with Gasteiger partial charge >= 0.3 is 5.97 Å². The Morgan fingerprint density at radius 2 is 2.16 bits per heavy atom. The number of carboxylic acids is 1. The highest BCUT2D eigenvalue weighted by molar-refractivity contribution is 7.18. The minimum atomic E-state index is -0.824. The Kier molecular flexibility index (Phi) is 3.08. The van der Waals surface area contributed by atoms with Gasteiger partial charge < -0.3 is 14.7 Å². The van der Waals surface area contributed by atoms with Crippen molar-refractivity contribution in [1.29, 1.82) is 0 Å². The van der Waals surface area contributed by atoms with Gasteiger partial charge in [-0.3, -0.25) is 4.79 Å². The Balaban J connectivity index is 1.57. The second-order valence-electron chi connectivity index (χ2n) is 6.17. The molecule has 6 heteroatoms. The summed E-state index contributed by atoms with van der Waals surface area (Å²) in [4.78, 5) is 13.1. The first-order valence-corrected chi connectivity index (χ1v) is 8.94. The number of fused-ring (bicyclic) bond motifs is 6. The maximum atomic E-state index is 11.0. The number of anilines is 1. The Morgan fingerprint density at radius 3 is 3.04 bits per heavy atom. The summed E-state index contributed by atoms with van der Waals surface area (Å²) in [5.74, 6) is 0.768. The lowest BCUT2D eigenvalue weighted by molar-refractivity contribution is -0.665. The summed E-state index contributed by atoms with van der Waals surface area (Å²) >= 11 is 1.75. The van der Waals surface area contributed by atoms with Gasteiger partial charge in [-0.05, 0) is 23.8 Å². The first-order valence-electron chi connectivity index (χ1n) is 8.12. The zero-order chi connectivity index (χ0) is 17.0. The van der Waals surface area contributed by atoms with E-state index in [4.69, 9.17) is 9.84 Å². The molecule has 1 N–H and O–H groups in total. The van der Waals surface area contributed by atoms with Crippen molar-refractivity contribution >= 4 is 39.3 Å². The highest BCUT2D eigenvalue weighted by atomic mass is 32.1. The zero-order valence-electron chi connectivity index (χ0n) is 13.3. The number of hydrogen-bond donors (Lipinski definition) is 1. The molecule has 2 aliphatic rings. The minimum Gasteiger partial charge on any atom is -0.481 e. The van der Waals surface area contributed by atoms with Gasteiger partial charge in [-0.15, -0.1) is 0 Å². The maximum absolute atomic E-state index is 11.0. The number of ether oxygens (including phenoxy) is 1. The summed E-state index contributed by atoms with van der Waals surface area (Å²) < 4.78 is 9.62. The molecule has 0 bridgehead atoms. The van der Waals surface area contributed by atoms with Crippen molar-refractivity contribution in [2.75, 3.05) is 11.4 Å². The molecule has 3 heterocycles. The molecule has 0 saturated carbocycles. The van der Waals surface area contributed by atoms with Crippen LogP contribution in [0.15, 0.2) is 48.3 Å². The molecule has 25 heavy (non-hydrogen) atoms. The summed E-state index contributed by atoms with van der Waals surface area (Å²) in [5, 5.41) is 10.2. The van der Waals surface area contributed by atoms with Crippen LogP contribution in [0.25, 0.3) is 16.3 Å². The smallest absolute Gasteiger partial charge is 0.307 e. The molecule has 0 atom stereocenters. The number of benzene rings is 2. The van der Waals surface area contributed by atoms with E-state index in [0.29, 0.717) is 0 Å². The van der Waals surface area contributed by atoms with E-state index < -0.39 is 5.97 Å². The predicted octanol–water partition coefficient (Wildman–Crippen LogP) is 3.03. The third-order valence-electron chi connectivity index (χ3n) is 4.58. The molecule has 3 aromatic rings. The molecule has 2 aliphatic heterocycles. The van der Waals surface area contributed by atoms with E-state index in [9.17, 15) is 4.79 Å². The fourth-order valence-corrected chi connectivity index (χ4v) is 4.58. The molecular weight excluding hydrogens is 336 g/mol. The van der Waals surface area contributed by atoms with Crippen molar-refractivity contribution in [3.05, 3.63) is 58.9 Å². The number of nitrogens with zero attached hydrogens (tertiary/aromatic N) is 2. The van der Waals surface area contributed by atoms with Crippen LogP contribution in [-0.2, 0) is 17.8 Å². The van der Waals surface area contributed by atoms with Crippen LogP contribution in [-0.4, -0.2) is 17.6 Å². The van der Waals surface area contributed by atoms with Crippen LogP contribution in [0.1, 0.15) is 10.6 Å². The molecule has 0 radical (unpaired) electrons. The van der Waals surface area contributed by atoms with Crippen molar-refractivity contribution < 1.29 is 19.2 Å². The second kappa shape index (κ2) is 5.32. The quantitative estimate of drug-likeness (QED) is 0.721. The molecule has 1 aromatic heterocycles. The van der Waals surface area contributed by atoms with E-state index in [1.54, 1.807) is 11.3 Å². The number of hydrogen-bond acceptors (Lipinski definition) is 4. The third-order valence-corrected chi connectivity index (χ3v) is 5.69. The van der Waals surface area contributed by atoms with Gasteiger partial charge in [0.25, 0.3) is 5.01 Å². The van der Waals surface area contributed by atoms with Crippen LogP contribution in [0.5, 0.6) is 5.75 Å². The lowest BCUT2D eigenvalue weighted by atomic mass is 10.1. The van der Waals surface area contributed by atoms with Gasteiger partial charge in [0.05, 0.1) is 24.7 Å². The van der Waals surface area contributed by atoms with Crippen molar-refractivity contribution in [2.24, 2.45) is 0 Å². The van der Waals surface area contributed by atoms with Gasteiger partial charge in [-0.2, -0.15) is 4.57 Å². The Hall–Kier alpha value is -2.86. The van der Waals surface area contributed by atoms with E-state index in [2.05, 4.69) is 39.8 Å². The zero-order valence-corrected chi connectivity index (χ0v) is 14.1. The number of carboxylic acid groups (broad SMARTS) is 1. The van der Waals surface area contributed by atoms with E-state index in [0.717, 1.165) is 41.0 Å². The number of thiazole rings is 1. The van der Waals surface area contributed by atoms with Crippen LogP contribution in [0.4, 0.5) is 5.69 Å². The summed E-state index contributed by atoms with van der Waals surface area (Å²) in [7, 11) is 0. The fraction of sp³-hybridized carbons (Fsp3) is 0.158. The van der Waals surface area contributed by atoms with Gasteiger partial charge in [0, 0.05) is 6.07 Å². The number of rotatable bonds is 2. The van der Waals surface area contributed by atoms with Gasteiger partial charge in [0.15, 0.2) is 12.3 Å². The first kappa shape index (κ1) is 14.5. The van der Waals surface area contributed by atoms with Gasteiger partial charge in [-0.25, -0.2) is 0 Å². The Morgan fingerprint density at radius 1 is 1.28 bits per heavy atom. The maximum Gasteiger partial charge on any atom is 0.307 e. The molecule has 0 fully saturated rings. The van der Waals surface area contributed by atoms with Crippen LogP contribution in [0.3, 0.4) is 0 Å². The molecule has 0 aliphatic carbocycles. The van der Waals surface area contributed by atoms with E-state index in [1.807, 2.05) is 18.2 Å². The van der Waals surface area contributed by atoms with Gasteiger partial charge in [-0.1, -0.05) is 29.5 Å². The highest BCUT2D eigenvalue weighted by Gasteiger charge is 2.33. The molecule has 2 aromatic carbocycles. The Labute approximate surface area is 148 Å². The molecule has 124 valence electrons. The number of carbonyl (C=O) groups is 1. The van der Waals surface area contributed by atoms with E-state index in [-0.39, 0.29) is 6.42 Å². The molecule has 5 rings (SSSR count). The normalized spacial score (nSPS) is 15.0. The fourth-order valence-electron chi connectivity index (χ4n) is 3.47. The molecule has 0 unspecified atom stereocenters. The molecule has 0 saturated heterocycles. The molecular formula is C19H15N2O3S+. The lowest BCUT2D eigenvalue weighted by Gasteiger charge is -2.14. The van der Waals surface area contributed by atoms with Crippen LogP contribution >= 0.6 is 11.3 Å².